The van der Waals surface area contributed by atoms with Gasteiger partial charge in [0.25, 0.3) is 0 Å². The number of carbonyl (C=O) groups excluding carboxylic acids is 2. The lowest BCUT2D eigenvalue weighted by atomic mass is 10.1. The van der Waals surface area contributed by atoms with E-state index < -0.39 is 5.92 Å². The number of nitrogens with zero attached hydrogens (tertiary/aromatic N) is 4. The Balaban J connectivity index is 1.43. The van der Waals surface area contributed by atoms with E-state index in [9.17, 15) is 9.59 Å². The molecule has 3 aromatic rings. The molecule has 150 valence electrons. The van der Waals surface area contributed by atoms with Crippen molar-refractivity contribution < 1.29 is 14.3 Å². The van der Waals surface area contributed by atoms with Gasteiger partial charge in [-0.3, -0.25) is 19.4 Å². The number of ether oxygens (including phenoxy) is 1. The van der Waals surface area contributed by atoms with E-state index in [1.165, 1.54) is 0 Å². The van der Waals surface area contributed by atoms with Crippen LogP contribution in [0.15, 0.2) is 48.9 Å². The van der Waals surface area contributed by atoms with E-state index in [1.54, 1.807) is 35.3 Å². The van der Waals surface area contributed by atoms with E-state index >= 15 is 0 Å². The number of amides is 2. The molecule has 1 unspecified atom stereocenters. The van der Waals surface area contributed by atoms with Crippen molar-refractivity contribution in [1.82, 2.24) is 20.0 Å². The Bertz CT molecular complexity index is 997. The largest absolute Gasteiger partial charge is 0.383 e. The standard InChI is InChI=1S/C20H22N6O3/c1-29-8-7-25-13-16(10-22-25)26-12-15(9-18(26)27)20(28)23-17-11-21-24-19(17)14-5-3-2-4-6-14/h2-6,10-11,13,15H,7-9,12H2,1H3,(H,21,24)(H,23,28). The monoisotopic (exact) mass is 394 g/mol. The molecule has 0 spiro atoms. The first-order valence-electron chi connectivity index (χ1n) is 9.37. The fourth-order valence-corrected chi connectivity index (χ4v) is 3.37. The van der Waals surface area contributed by atoms with Crippen molar-refractivity contribution in [3.63, 3.8) is 0 Å². The van der Waals surface area contributed by atoms with Crippen molar-refractivity contribution in [2.45, 2.75) is 13.0 Å². The summed E-state index contributed by atoms with van der Waals surface area (Å²) < 4.78 is 6.76. The summed E-state index contributed by atoms with van der Waals surface area (Å²) >= 11 is 0. The van der Waals surface area contributed by atoms with Gasteiger partial charge < -0.3 is 15.0 Å². The van der Waals surface area contributed by atoms with Gasteiger partial charge in [-0.05, 0) is 0 Å². The summed E-state index contributed by atoms with van der Waals surface area (Å²) in [5.74, 6) is -0.735. The van der Waals surface area contributed by atoms with Gasteiger partial charge in [0.15, 0.2) is 0 Å². The van der Waals surface area contributed by atoms with Gasteiger partial charge in [0.2, 0.25) is 11.8 Å². The van der Waals surface area contributed by atoms with Gasteiger partial charge in [-0.15, -0.1) is 0 Å². The zero-order valence-electron chi connectivity index (χ0n) is 16.0. The van der Waals surface area contributed by atoms with E-state index in [-0.39, 0.29) is 18.2 Å². The number of hydrogen-bond acceptors (Lipinski definition) is 5. The van der Waals surface area contributed by atoms with E-state index in [2.05, 4.69) is 20.6 Å². The molecule has 1 saturated heterocycles. The Hall–Kier alpha value is -3.46. The second kappa shape index (κ2) is 8.27. The van der Waals surface area contributed by atoms with Crippen LogP contribution in [0.5, 0.6) is 0 Å². The third kappa shape index (κ3) is 4.04. The summed E-state index contributed by atoms with van der Waals surface area (Å²) in [6.07, 6.45) is 5.17. The summed E-state index contributed by atoms with van der Waals surface area (Å²) in [5, 5.41) is 14.1. The number of nitrogens with one attached hydrogen (secondary N) is 2. The zero-order chi connectivity index (χ0) is 20.2. The first-order valence-corrected chi connectivity index (χ1v) is 9.37. The van der Waals surface area contributed by atoms with E-state index in [0.29, 0.717) is 31.1 Å². The molecule has 2 amide bonds. The van der Waals surface area contributed by atoms with Crippen LogP contribution in [-0.4, -0.2) is 52.1 Å². The number of hydrogen-bond donors (Lipinski definition) is 2. The molecule has 1 aliphatic heterocycles. The van der Waals surface area contributed by atoms with E-state index in [1.807, 2.05) is 30.3 Å². The van der Waals surface area contributed by atoms with Crippen LogP contribution in [0.4, 0.5) is 11.4 Å². The highest BCUT2D eigenvalue weighted by Gasteiger charge is 2.36. The molecule has 29 heavy (non-hydrogen) atoms. The molecule has 9 nitrogen and oxygen atoms in total. The van der Waals surface area contributed by atoms with Gasteiger partial charge in [-0.1, -0.05) is 30.3 Å². The van der Waals surface area contributed by atoms with Gasteiger partial charge in [0.05, 0.1) is 48.5 Å². The Morgan fingerprint density at radius 1 is 1.31 bits per heavy atom. The Labute approximate surface area is 167 Å². The smallest absolute Gasteiger partial charge is 0.229 e. The van der Waals surface area contributed by atoms with Gasteiger partial charge in [-0.2, -0.15) is 10.2 Å². The maximum atomic E-state index is 12.8. The van der Waals surface area contributed by atoms with Crippen LogP contribution in [0.1, 0.15) is 6.42 Å². The highest BCUT2D eigenvalue weighted by Crippen LogP contribution is 2.28. The van der Waals surface area contributed by atoms with Gasteiger partial charge in [0.1, 0.15) is 0 Å². The number of aromatic amines is 1. The molecule has 1 aromatic carbocycles. The first kappa shape index (κ1) is 18.9. The summed E-state index contributed by atoms with van der Waals surface area (Å²) in [5.41, 5.74) is 2.95. The molecule has 3 heterocycles. The van der Waals surface area contributed by atoms with Crippen molar-refractivity contribution in [1.29, 1.82) is 0 Å². The predicted molar refractivity (Wildman–Crippen MR) is 107 cm³/mol. The van der Waals surface area contributed by atoms with Gasteiger partial charge >= 0.3 is 0 Å². The third-order valence-corrected chi connectivity index (χ3v) is 4.91. The van der Waals surface area contributed by atoms with E-state index in [4.69, 9.17) is 4.74 Å². The quantitative estimate of drug-likeness (QED) is 0.637. The molecule has 1 aliphatic rings. The number of methoxy groups -OCH3 is 1. The molecule has 0 aliphatic carbocycles. The number of carbonyl (C=O) groups is 2. The molecule has 4 rings (SSSR count). The minimum Gasteiger partial charge on any atom is -0.383 e. The second-order valence-corrected chi connectivity index (χ2v) is 6.87. The maximum absolute atomic E-state index is 12.8. The molecular weight excluding hydrogens is 372 g/mol. The number of rotatable bonds is 7. The summed E-state index contributed by atoms with van der Waals surface area (Å²) in [6.45, 7) is 1.46. The Morgan fingerprint density at radius 3 is 2.93 bits per heavy atom. The lowest BCUT2D eigenvalue weighted by Gasteiger charge is -2.14. The molecule has 1 fully saturated rings. The number of benzene rings is 1. The van der Waals surface area contributed by atoms with Crippen molar-refractivity contribution in [2.75, 3.05) is 30.5 Å². The van der Waals surface area contributed by atoms with E-state index in [0.717, 1.165) is 11.3 Å². The highest BCUT2D eigenvalue weighted by atomic mass is 16.5. The summed E-state index contributed by atoms with van der Waals surface area (Å²) in [6, 6.07) is 9.63. The number of H-pyrrole nitrogens is 1. The zero-order valence-corrected chi connectivity index (χ0v) is 16.0. The molecular formula is C20H22N6O3. The summed E-state index contributed by atoms with van der Waals surface area (Å²) in [7, 11) is 1.63. The SMILES string of the molecule is COCCn1cc(N2CC(C(=O)Nc3cn[nH]c3-c3ccccc3)CC2=O)cn1. The average molecular weight is 394 g/mol. The Kier molecular flexibility index (Phi) is 5.39. The first-order chi connectivity index (χ1) is 14.2. The maximum Gasteiger partial charge on any atom is 0.229 e. The molecule has 2 N–H and O–H groups in total. The second-order valence-electron chi connectivity index (χ2n) is 6.87. The lowest BCUT2D eigenvalue weighted by Crippen LogP contribution is -2.28. The average Bonchev–Trinajstić information content (AvgIpc) is 3.46. The lowest BCUT2D eigenvalue weighted by molar-refractivity contribution is -0.122. The van der Waals surface area contributed by atoms with Crippen LogP contribution in [0.2, 0.25) is 0 Å². The minimum atomic E-state index is -0.441. The highest BCUT2D eigenvalue weighted by molar-refractivity contribution is 6.04. The van der Waals surface area contributed by atoms with Crippen molar-refractivity contribution >= 4 is 23.2 Å². The fraction of sp³-hybridized carbons (Fsp3) is 0.300. The third-order valence-electron chi connectivity index (χ3n) is 4.91. The molecule has 9 heteroatoms. The van der Waals surface area contributed by atoms with Crippen LogP contribution in [-0.2, 0) is 20.9 Å². The number of anilines is 2. The normalized spacial score (nSPS) is 16.4. The molecule has 0 saturated carbocycles. The molecule has 0 bridgehead atoms. The Morgan fingerprint density at radius 2 is 2.14 bits per heavy atom. The van der Waals surface area contributed by atoms with Gasteiger partial charge in [0, 0.05) is 31.8 Å². The molecule has 1 atom stereocenters. The topological polar surface area (TPSA) is 105 Å². The predicted octanol–water partition coefficient (Wildman–Crippen LogP) is 1.91. The van der Waals surface area contributed by atoms with Gasteiger partial charge in [-0.25, -0.2) is 0 Å². The molecule has 0 radical (unpaired) electrons. The van der Waals surface area contributed by atoms with Crippen LogP contribution in [0, 0.1) is 5.92 Å². The van der Waals surface area contributed by atoms with Crippen LogP contribution < -0.4 is 10.2 Å². The van der Waals surface area contributed by atoms with Crippen molar-refractivity contribution in [3.05, 3.63) is 48.9 Å². The molecule has 2 aromatic heterocycles. The van der Waals surface area contributed by atoms with Crippen molar-refractivity contribution in [2.24, 2.45) is 5.92 Å². The van der Waals surface area contributed by atoms with Crippen LogP contribution >= 0.6 is 0 Å². The summed E-state index contributed by atoms with van der Waals surface area (Å²) in [4.78, 5) is 26.9. The van der Waals surface area contributed by atoms with Crippen molar-refractivity contribution in [3.8, 4) is 11.3 Å². The number of aromatic nitrogens is 4. The minimum absolute atomic E-state index is 0.0908. The fourth-order valence-electron chi connectivity index (χ4n) is 3.37. The van der Waals surface area contributed by atoms with Crippen LogP contribution in [0.25, 0.3) is 11.3 Å². The van der Waals surface area contributed by atoms with Crippen LogP contribution in [0.3, 0.4) is 0 Å².